The van der Waals surface area contributed by atoms with Gasteiger partial charge in [-0.3, -0.25) is 4.79 Å². The molecule has 1 fully saturated rings. The van der Waals surface area contributed by atoms with Crippen LogP contribution in [-0.2, 0) is 4.79 Å². The summed E-state index contributed by atoms with van der Waals surface area (Å²) in [6.07, 6.45) is 11.9. The van der Waals surface area contributed by atoms with E-state index < -0.39 is 0 Å². The molecule has 78 valence electrons. The third-order valence-electron chi connectivity index (χ3n) is 3.18. The Kier molecular flexibility index (Phi) is 4.12. The summed E-state index contributed by atoms with van der Waals surface area (Å²) in [7, 11) is 0. The number of rotatable bonds is 4. The third kappa shape index (κ3) is 2.34. The Morgan fingerprint density at radius 2 is 2.21 bits per heavy atom. The Hall–Kier alpha value is -0.850. The second-order valence-electron chi connectivity index (χ2n) is 4.18. The van der Waals surface area contributed by atoms with Crippen molar-refractivity contribution in [3.05, 3.63) is 24.8 Å². The minimum absolute atomic E-state index is 0.105. The first-order valence-corrected chi connectivity index (χ1v) is 5.50. The standard InChI is InChI=1S/C13H20O/c1-3-5-10-13(9-4-2)11-7-6-8-12(13)14/h3-5H,2,6-11H2,1H3/b5-3+. The Labute approximate surface area is 86.9 Å². The van der Waals surface area contributed by atoms with E-state index in [9.17, 15) is 4.79 Å². The second kappa shape index (κ2) is 5.14. The summed E-state index contributed by atoms with van der Waals surface area (Å²) in [5.41, 5.74) is -0.105. The number of carbonyl (C=O) groups excluding carboxylic acids is 1. The summed E-state index contributed by atoms with van der Waals surface area (Å²) in [6.45, 7) is 5.77. The van der Waals surface area contributed by atoms with Crippen LogP contribution in [-0.4, -0.2) is 5.78 Å². The van der Waals surface area contributed by atoms with Crippen LogP contribution in [0.4, 0.5) is 0 Å². The highest BCUT2D eigenvalue weighted by molar-refractivity contribution is 5.85. The van der Waals surface area contributed by atoms with Gasteiger partial charge in [0.25, 0.3) is 0 Å². The van der Waals surface area contributed by atoms with Gasteiger partial charge in [0.15, 0.2) is 0 Å². The highest BCUT2D eigenvalue weighted by Crippen LogP contribution is 2.40. The van der Waals surface area contributed by atoms with E-state index in [0.717, 1.165) is 32.1 Å². The molecule has 0 spiro atoms. The molecule has 0 saturated heterocycles. The van der Waals surface area contributed by atoms with E-state index in [0.29, 0.717) is 5.78 Å². The van der Waals surface area contributed by atoms with Gasteiger partial charge in [-0.25, -0.2) is 0 Å². The maximum Gasteiger partial charge on any atom is 0.139 e. The molecule has 0 N–H and O–H groups in total. The predicted octanol–water partition coefficient (Wildman–Crippen LogP) is 3.66. The fraction of sp³-hybridized carbons (Fsp3) is 0.615. The van der Waals surface area contributed by atoms with Gasteiger partial charge in [-0.1, -0.05) is 24.6 Å². The zero-order valence-electron chi connectivity index (χ0n) is 9.09. The predicted molar refractivity (Wildman–Crippen MR) is 60.2 cm³/mol. The van der Waals surface area contributed by atoms with E-state index >= 15 is 0 Å². The van der Waals surface area contributed by atoms with E-state index in [1.54, 1.807) is 0 Å². The highest BCUT2D eigenvalue weighted by Gasteiger charge is 2.37. The summed E-state index contributed by atoms with van der Waals surface area (Å²) in [5, 5.41) is 0. The molecule has 1 nitrogen and oxygen atoms in total. The Morgan fingerprint density at radius 1 is 1.43 bits per heavy atom. The number of ketones is 1. The van der Waals surface area contributed by atoms with Crippen LogP contribution in [0, 0.1) is 5.41 Å². The lowest BCUT2D eigenvalue weighted by Crippen LogP contribution is -2.33. The van der Waals surface area contributed by atoms with Crippen molar-refractivity contribution < 1.29 is 4.79 Å². The van der Waals surface area contributed by atoms with Crippen LogP contribution < -0.4 is 0 Å². The van der Waals surface area contributed by atoms with Gasteiger partial charge in [0, 0.05) is 11.8 Å². The van der Waals surface area contributed by atoms with E-state index in [2.05, 4.69) is 12.7 Å². The molecule has 0 aromatic heterocycles. The molecule has 0 amide bonds. The molecule has 1 saturated carbocycles. The summed E-state index contributed by atoms with van der Waals surface area (Å²) in [4.78, 5) is 11.9. The van der Waals surface area contributed by atoms with Crippen molar-refractivity contribution >= 4 is 5.78 Å². The molecule has 0 bridgehead atoms. The van der Waals surface area contributed by atoms with Gasteiger partial charge in [0.1, 0.15) is 5.78 Å². The molecule has 0 heterocycles. The summed E-state index contributed by atoms with van der Waals surface area (Å²) in [6, 6.07) is 0. The summed E-state index contributed by atoms with van der Waals surface area (Å²) >= 11 is 0. The monoisotopic (exact) mass is 192 g/mol. The largest absolute Gasteiger partial charge is 0.299 e. The van der Waals surface area contributed by atoms with Gasteiger partial charge in [0.2, 0.25) is 0 Å². The summed E-state index contributed by atoms with van der Waals surface area (Å²) in [5.74, 6) is 0.446. The van der Waals surface area contributed by atoms with Crippen molar-refractivity contribution in [2.45, 2.75) is 45.4 Å². The number of Topliss-reactive ketones (excluding diaryl/α,β-unsaturated/α-hetero) is 1. The average molecular weight is 192 g/mol. The van der Waals surface area contributed by atoms with Gasteiger partial charge in [-0.2, -0.15) is 0 Å². The minimum Gasteiger partial charge on any atom is -0.299 e. The Morgan fingerprint density at radius 3 is 2.79 bits per heavy atom. The first-order chi connectivity index (χ1) is 6.75. The Balaban J connectivity index is 2.76. The lowest BCUT2D eigenvalue weighted by molar-refractivity contribution is -0.131. The first kappa shape index (κ1) is 11.2. The smallest absolute Gasteiger partial charge is 0.139 e. The molecule has 1 atom stereocenters. The minimum atomic E-state index is -0.105. The number of carbonyl (C=O) groups is 1. The zero-order chi connectivity index (χ0) is 10.4. The van der Waals surface area contributed by atoms with Gasteiger partial charge >= 0.3 is 0 Å². The summed E-state index contributed by atoms with van der Waals surface area (Å²) < 4.78 is 0. The van der Waals surface area contributed by atoms with Gasteiger partial charge < -0.3 is 0 Å². The highest BCUT2D eigenvalue weighted by atomic mass is 16.1. The number of allylic oxidation sites excluding steroid dienone is 3. The number of hydrogen-bond donors (Lipinski definition) is 0. The SMILES string of the molecule is C=CCC1(C/C=C/C)CCCCC1=O. The second-order valence-corrected chi connectivity index (χ2v) is 4.18. The molecule has 1 rings (SSSR count). The van der Waals surface area contributed by atoms with E-state index in [1.165, 1.54) is 6.42 Å². The molecule has 0 aromatic carbocycles. The lowest BCUT2D eigenvalue weighted by atomic mass is 9.68. The molecule has 1 aliphatic rings. The van der Waals surface area contributed by atoms with Crippen LogP contribution in [0.15, 0.2) is 24.8 Å². The molecular weight excluding hydrogens is 172 g/mol. The van der Waals surface area contributed by atoms with Crippen molar-refractivity contribution in [3.8, 4) is 0 Å². The van der Waals surface area contributed by atoms with Gasteiger partial charge in [-0.05, 0) is 32.6 Å². The first-order valence-electron chi connectivity index (χ1n) is 5.50. The van der Waals surface area contributed by atoms with Gasteiger partial charge in [0.05, 0.1) is 0 Å². The van der Waals surface area contributed by atoms with E-state index in [-0.39, 0.29) is 5.41 Å². The molecule has 1 unspecified atom stereocenters. The average Bonchev–Trinajstić information content (AvgIpc) is 2.20. The fourth-order valence-electron chi connectivity index (χ4n) is 2.29. The molecule has 0 aliphatic heterocycles. The van der Waals surface area contributed by atoms with Crippen molar-refractivity contribution in [2.24, 2.45) is 5.41 Å². The maximum absolute atomic E-state index is 11.9. The van der Waals surface area contributed by atoms with Crippen molar-refractivity contribution in [2.75, 3.05) is 0 Å². The fourth-order valence-corrected chi connectivity index (χ4v) is 2.29. The maximum atomic E-state index is 11.9. The Bertz CT molecular complexity index is 240. The van der Waals surface area contributed by atoms with Crippen LogP contribution in [0.2, 0.25) is 0 Å². The third-order valence-corrected chi connectivity index (χ3v) is 3.18. The van der Waals surface area contributed by atoms with Crippen LogP contribution in [0.5, 0.6) is 0 Å². The molecular formula is C13H20O. The van der Waals surface area contributed by atoms with E-state index in [4.69, 9.17) is 0 Å². The normalized spacial score (nSPS) is 28.2. The van der Waals surface area contributed by atoms with Crippen LogP contribution in [0.3, 0.4) is 0 Å². The number of hydrogen-bond acceptors (Lipinski definition) is 1. The molecule has 14 heavy (non-hydrogen) atoms. The molecule has 0 aromatic rings. The zero-order valence-corrected chi connectivity index (χ0v) is 9.09. The van der Waals surface area contributed by atoms with Crippen molar-refractivity contribution in [1.82, 2.24) is 0 Å². The molecule has 0 radical (unpaired) electrons. The van der Waals surface area contributed by atoms with E-state index in [1.807, 2.05) is 19.1 Å². The van der Waals surface area contributed by atoms with Crippen LogP contribution in [0.1, 0.15) is 45.4 Å². The van der Waals surface area contributed by atoms with Crippen molar-refractivity contribution in [3.63, 3.8) is 0 Å². The van der Waals surface area contributed by atoms with Gasteiger partial charge in [-0.15, -0.1) is 6.58 Å². The van der Waals surface area contributed by atoms with Crippen molar-refractivity contribution in [1.29, 1.82) is 0 Å². The van der Waals surface area contributed by atoms with Crippen LogP contribution >= 0.6 is 0 Å². The molecule has 1 heteroatoms. The lowest BCUT2D eigenvalue weighted by Gasteiger charge is -2.34. The topological polar surface area (TPSA) is 17.1 Å². The van der Waals surface area contributed by atoms with Crippen LogP contribution in [0.25, 0.3) is 0 Å². The molecule has 1 aliphatic carbocycles. The quantitative estimate of drug-likeness (QED) is 0.621.